The molecule has 0 aliphatic carbocycles. The Morgan fingerprint density at radius 3 is 2.80 bits per heavy atom. The van der Waals surface area contributed by atoms with Crippen molar-refractivity contribution in [2.45, 2.75) is 6.04 Å². The van der Waals surface area contributed by atoms with Crippen LogP contribution in [0.3, 0.4) is 0 Å². The van der Waals surface area contributed by atoms with Gasteiger partial charge in [-0.15, -0.1) is 0 Å². The number of hydrogen-bond acceptors (Lipinski definition) is 4. The Morgan fingerprint density at radius 1 is 1.30 bits per heavy atom. The Balaban J connectivity index is 2.07. The quantitative estimate of drug-likeness (QED) is 0.575. The molecule has 3 aromatic rings. The van der Waals surface area contributed by atoms with Crippen molar-refractivity contribution in [3.05, 3.63) is 64.9 Å². The molecule has 0 amide bonds. The minimum atomic E-state index is -0.473. The van der Waals surface area contributed by atoms with Gasteiger partial charge in [-0.1, -0.05) is 23.7 Å². The number of rotatable bonds is 3. The molecule has 0 fully saturated rings. The highest BCUT2D eigenvalue weighted by atomic mass is 35.5. The molecule has 3 N–H and O–H groups in total. The van der Waals surface area contributed by atoms with Crippen LogP contribution in [0.2, 0.25) is 5.02 Å². The summed E-state index contributed by atoms with van der Waals surface area (Å²) in [6.07, 6.45) is 1.52. The summed E-state index contributed by atoms with van der Waals surface area (Å²) in [5.74, 6) is 5.64. The molecule has 1 atom stereocenters. The number of nitrogens with one attached hydrogen (secondary N) is 1. The summed E-state index contributed by atoms with van der Waals surface area (Å²) in [5, 5.41) is 1.20. The van der Waals surface area contributed by atoms with Crippen molar-refractivity contribution in [3.8, 4) is 0 Å². The lowest BCUT2D eigenvalue weighted by Crippen LogP contribution is -2.29. The number of furan rings is 1. The summed E-state index contributed by atoms with van der Waals surface area (Å²) < 4.78 is 19.2. The second-order valence-electron chi connectivity index (χ2n) is 4.31. The molecule has 20 heavy (non-hydrogen) atoms. The largest absolute Gasteiger partial charge is 0.456 e. The third kappa shape index (κ3) is 2.27. The molecule has 1 unspecified atom stereocenters. The highest BCUT2D eigenvalue weighted by Crippen LogP contribution is 2.28. The Hall–Kier alpha value is -1.95. The molecule has 6 heteroatoms. The lowest BCUT2D eigenvalue weighted by atomic mass is 10.1. The third-order valence-electron chi connectivity index (χ3n) is 3.01. The first-order chi connectivity index (χ1) is 9.69. The van der Waals surface area contributed by atoms with Crippen LogP contribution in [0.5, 0.6) is 0 Å². The van der Waals surface area contributed by atoms with E-state index >= 15 is 0 Å². The third-order valence-corrected chi connectivity index (χ3v) is 3.24. The fourth-order valence-electron chi connectivity index (χ4n) is 2.06. The number of halogens is 2. The summed E-state index contributed by atoms with van der Waals surface area (Å²) in [4.78, 5) is 4.19. The van der Waals surface area contributed by atoms with E-state index in [2.05, 4.69) is 10.4 Å². The molecular weight excluding hydrogens is 281 g/mol. The van der Waals surface area contributed by atoms with Crippen LogP contribution >= 0.6 is 11.6 Å². The molecule has 4 nitrogen and oxygen atoms in total. The number of pyridine rings is 1. The number of fused-ring (bicyclic) bond motifs is 1. The zero-order valence-corrected chi connectivity index (χ0v) is 11.1. The fraction of sp³-hybridized carbons (Fsp3) is 0.0714. The van der Waals surface area contributed by atoms with Crippen molar-refractivity contribution in [2.75, 3.05) is 0 Å². The van der Waals surface area contributed by atoms with Gasteiger partial charge in [0.2, 0.25) is 0 Å². The molecule has 0 aliphatic rings. The first-order valence-corrected chi connectivity index (χ1v) is 6.32. The maximum atomic E-state index is 13.6. The maximum Gasteiger partial charge on any atom is 0.169 e. The Morgan fingerprint density at radius 2 is 2.15 bits per heavy atom. The van der Waals surface area contributed by atoms with Crippen molar-refractivity contribution in [1.29, 1.82) is 0 Å². The second-order valence-corrected chi connectivity index (χ2v) is 4.74. The van der Waals surface area contributed by atoms with Crippen molar-refractivity contribution < 1.29 is 8.81 Å². The number of hydrazine groups is 1. The van der Waals surface area contributed by atoms with Crippen LogP contribution in [0, 0.1) is 5.82 Å². The van der Waals surface area contributed by atoms with Gasteiger partial charge in [0.15, 0.2) is 11.4 Å². The van der Waals surface area contributed by atoms with Crippen molar-refractivity contribution >= 4 is 22.6 Å². The number of aromatic nitrogens is 1. The van der Waals surface area contributed by atoms with Gasteiger partial charge in [-0.3, -0.25) is 10.8 Å². The highest BCUT2D eigenvalue weighted by molar-refractivity contribution is 6.30. The number of hydrogen-bond donors (Lipinski definition) is 2. The number of nitrogens with zero attached hydrogens (tertiary/aromatic N) is 1. The molecule has 0 radical (unpaired) electrons. The van der Waals surface area contributed by atoms with Crippen LogP contribution in [-0.4, -0.2) is 4.98 Å². The Bertz CT molecular complexity index is 742. The van der Waals surface area contributed by atoms with E-state index < -0.39 is 11.9 Å². The number of benzene rings is 1. The van der Waals surface area contributed by atoms with E-state index in [1.54, 1.807) is 30.3 Å². The summed E-state index contributed by atoms with van der Waals surface area (Å²) in [6, 6.07) is 9.45. The Kier molecular flexibility index (Phi) is 3.40. The minimum Gasteiger partial charge on any atom is -0.456 e. The molecule has 0 bridgehead atoms. The molecule has 2 heterocycles. The average Bonchev–Trinajstić information content (AvgIpc) is 2.87. The van der Waals surface area contributed by atoms with Gasteiger partial charge in [-0.05, 0) is 24.3 Å². The molecular formula is C14H11ClFN3O. The molecule has 102 valence electrons. The fourth-order valence-corrected chi connectivity index (χ4v) is 2.17. The van der Waals surface area contributed by atoms with Gasteiger partial charge in [0.05, 0.1) is 10.7 Å². The van der Waals surface area contributed by atoms with E-state index in [1.807, 2.05) is 0 Å². The van der Waals surface area contributed by atoms with Crippen molar-refractivity contribution in [1.82, 2.24) is 10.4 Å². The topological polar surface area (TPSA) is 64.1 Å². The van der Waals surface area contributed by atoms with E-state index in [1.165, 1.54) is 12.3 Å². The Labute approximate surface area is 119 Å². The molecule has 0 saturated heterocycles. The van der Waals surface area contributed by atoms with Crippen LogP contribution in [0.15, 0.2) is 47.0 Å². The van der Waals surface area contributed by atoms with Gasteiger partial charge < -0.3 is 4.42 Å². The predicted molar refractivity (Wildman–Crippen MR) is 74.6 cm³/mol. The van der Waals surface area contributed by atoms with E-state index in [-0.39, 0.29) is 5.58 Å². The summed E-state index contributed by atoms with van der Waals surface area (Å²) in [7, 11) is 0. The summed E-state index contributed by atoms with van der Waals surface area (Å²) >= 11 is 5.80. The zero-order valence-electron chi connectivity index (χ0n) is 10.3. The zero-order chi connectivity index (χ0) is 14.1. The molecule has 2 aromatic heterocycles. The van der Waals surface area contributed by atoms with Crippen LogP contribution in [0.1, 0.15) is 17.5 Å². The van der Waals surface area contributed by atoms with Crippen molar-refractivity contribution in [3.63, 3.8) is 0 Å². The highest BCUT2D eigenvalue weighted by Gasteiger charge is 2.19. The van der Waals surface area contributed by atoms with Crippen molar-refractivity contribution in [2.24, 2.45) is 5.84 Å². The molecule has 0 saturated carbocycles. The molecule has 0 aliphatic heterocycles. The maximum absolute atomic E-state index is 13.6. The van der Waals surface area contributed by atoms with E-state index in [4.69, 9.17) is 21.9 Å². The molecule has 3 rings (SSSR count). The van der Waals surface area contributed by atoms with E-state index in [0.717, 1.165) is 0 Å². The average molecular weight is 292 g/mol. The summed E-state index contributed by atoms with van der Waals surface area (Å²) in [6.45, 7) is 0. The van der Waals surface area contributed by atoms with Crippen LogP contribution < -0.4 is 11.3 Å². The minimum absolute atomic E-state index is 0.205. The van der Waals surface area contributed by atoms with Gasteiger partial charge in [0.25, 0.3) is 0 Å². The van der Waals surface area contributed by atoms with Gasteiger partial charge in [0, 0.05) is 11.6 Å². The first-order valence-electron chi connectivity index (χ1n) is 5.94. The predicted octanol–water partition coefficient (Wildman–Crippen LogP) is 3.17. The standard InChI is InChI=1S/C14H11ClFN3O/c15-9-4-5-11(18-7-9)13(19-17)12-6-8-2-1-3-10(16)14(8)20-12/h1-7,13,19H,17H2. The van der Waals surface area contributed by atoms with Gasteiger partial charge in [-0.2, -0.15) is 0 Å². The normalized spacial score (nSPS) is 12.8. The number of nitrogens with two attached hydrogens (primary N) is 1. The van der Waals surface area contributed by atoms with E-state index in [9.17, 15) is 4.39 Å². The van der Waals surface area contributed by atoms with Crippen LogP contribution in [0.4, 0.5) is 4.39 Å². The van der Waals surface area contributed by atoms with Gasteiger partial charge in [-0.25, -0.2) is 9.82 Å². The molecule has 1 aromatic carbocycles. The molecule has 0 spiro atoms. The monoisotopic (exact) mass is 291 g/mol. The van der Waals surface area contributed by atoms with Gasteiger partial charge >= 0.3 is 0 Å². The number of para-hydroxylation sites is 1. The lowest BCUT2D eigenvalue weighted by Gasteiger charge is -2.12. The summed E-state index contributed by atoms with van der Waals surface area (Å²) in [5.41, 5.74) is 3.45. The second kappa shape index (κ2) is 5.20. The first kappa shape index (κ1) is 13.1. The SMILES string of the molecule is NNC(c1ccc(Cl)cn1)c1cc2cccc(F)c2o1. The van der Waals surface area contributed by atoms with Gasteiger partial charge in [0.1, 0.15) is 11.8 Å². The lowest BCUT2D eigenvalue weighted by molar-refractivity contribution is 0.460. The van der Waals surface area contributed by atoms with E-state index in [0.29, 0.717) is 21.9 Å². The van der Waals surface area contributed by atoms with Crippen LogP contribution in [0.25, 0.3) is 11.0 Å². The smallest absolute Gasteiger partial charge is 0.169 e. The van der Waals surface area contributed by atoms with Crippen LogP contribution in [-0.2, 0) is 0 Å².